The van der Waals surface area contributed by atoms with Crippen molar-refractivity contribution in [2.75, 3.05) is 24.1 Å². The fourth-order valence-electron chi connectivity index (χ4n) is 4.24. The minimum atomic E-state index is 0.229. The Balaban J connectivity index is 1.24. The van der Waals surface area contributed by atoms with Crippen LogP contribution < -0.4 is 11.1 Å². The van der Waals surface area contributed by atoms with E-state index in [0.29, 0.717) is 24.2 Å². The summed E-state index contributed by atoms with van der Waals surface area (Å²) in [4.78, 5) is 20.3. The van der Waals surface area contributed by atoms with Crippen LogP contribution in [0.4, 0.5) is 17.6 Å². The molecule has 3 heterocycles. The number of para-hydroxylation sites is 3. The standard InChI is InChI=1S/C24H27N7O/c1-2-16-7-3-4-8-18(16)27-24-29-21(28-23(25)30-24)15-31-13-11-17(12-14-31)22-26-19-9-5-6-10-20(19)32-22/h3-10,17H,2,11-15H2,1H3,(H3,25,27,28,29,30). The van der Waals surface area contributed by atoms with E-state index >= 15 is 0 Å². The number of nitrogens with zero attached hydrogens (tertiary/aromatic N) is 5. The third-order valence-corrected chi connectivity index (χ3v) is 5.96. The number of hydrogen-bond donors (Lipinski definition) is 2. The summed E-state index contributed by atoms with van der Waals surface area (Å²) in [5.41, 5.74) is 9.96. The predicted octanol–water partition coefficient (Wildman–Crippen LogP) is 4.28. The van der Waals surface area contributed by atoms with Crippen LogP contribution in [0.2, 0.25) is 0 Å². The van der Waals surface area contributed by atoms with Gasteiger partial charge in [0, 0.05) is 11.6 Å². The van der Waals surface area contributed by atoms with Crippen molar-refractivity contribution < 1.29 is 4.42 Å². The van der Waals surface area contributed by atoms with E-state index in [2.05, 4.69) is 43.1 Å². The maximum atomic E-state index is 5.98. The van der Waals surface area contributed by atoms with Crippen LogP contribution in [0.15, 0.2) is 52.9 Å². The number of rotatable bonds is 6. The number of fused-ring (bicyclic) bond motifs is 1. The second-order valence-electron chi connectivity index (χ2n) is 8.14. The van der Waals surface area contributed by atoms with Crippen LogP contribution in [0.25, 0.3) is 11.1 Å². The zero-order valence-corrected chi connectivity index (χ0v) is 18.2. The summed E-state index contributed by atoms with van der Waals surface area (Å²) >= 11 is 0. The number of hydrogen-bond acceptors (Lipinski definition) is 8. The summed E-state index contributed by atoms with van der Waals surface area (Å²) in [6.07, 6.45) is 2.90. The number of nitrogens with two attached hydrogens (primary N) is 1. The second kappa shape index (κ2) is 8.92. The van der Waals surface area contributed by atoms with Crippen LogP contribution in [0.5, 0.6) is 0 Å². The minimum Gasteiger partial charge on any atom is -0.440 e. The molecule has 0 atom stereocenters. The van der Waals surface area contributed by atoms with Gasteiger partial charge in [0.15, 0.2) is 11.5 Å². The number of likely N-dealkylation sites (tertiary alicyclic amines) is 1. The van der Waals surface area contributed by atoms with Crippen LogP contribution in [0, 0.1) is 0 Å². The van der Waals surface area contributed by atoms with Gasteiger partial charge in [-0.1, -0.05) is 37.3 Å². The highest BCUT2D eigenvalue weighted by atomic mass is 16.3. The highest BCUT2D eigenvalue weighted by molar-refractivity contribution is 5.72. The van der Waals surface area contributed by atoms with Gasteiger partial charge in [0.05, 0.1) is 6.54 Å². The van der Waals surface area contributed by atoms with E-state index in [0.717, 1.165) is 55.0 Å². The molecule has 32 heavy (non-hydrogen) atoms. The number of benzene rings is 2. The van der Waals surface area contributed by atoms with E-state index in [1.54, 1.807) is 0 Å². The lowest BCUT2D eigenvalue weighted by atomic mass is 9.97. The van der Waals surface area contributed by atoms with Gasteiger partial charge in [0.1, 0.15) is 11.3 Å². The number of piperidine rings is 1. The highest BCUT2D eigenvalue weighted by Crippen LogP contribution is 2.30. The molecule has 4 aromatic rings. The van der Waals surface area contributed by atoms with E-state index in [4.69, 9.17) is 10.2 Å². The van der Waals surface area contributed by atoms with Crippen molar-refractivity contribution in [2.45, 2.75) is 38.6 Å². The molecular weight excluding hydrogens is 402 g/mol. The molecule has 1 fully saturated rings. The van der Waals surface area contributed by atoms with Gasteiger partial charge in [0.25, 0.3) is 0 Å². The van der Waals surface area contributed by atoms with E-state index in [1.807, 2.05) is 42.5 Å². The first kappa shape index (κ1) is 20.4. The molecule has 0 spiro atoms. The fourth-order valence-corrected chi connectivity index (χ4v) is 4.24. The molecule has 1 aliphatic rings. The number of nitrogens with one attached hydrogen (secondary N) is 1. The largest absolute Gasteiger partial charge is 0.440 e. The van der Waals surface area contributed by atoms with Gasteiger partial charge in [0.2, 0.25) is 11.9 Å². The highest BCUT2D eigenvalue weighted by Gasteiger charge is 2.25. The van der Waals surface area contributed by atoms with Crippen LogP contribution in [0.1, 0.15) is 43.0 Å². The van der Waals surface area contributed by atoms with E-state index in [-0.39, 0.29) is 5.95 Å². The van der Waals surface area contributed by atoms with Gasteiger partial charge >= 0.3 is 0 Å². The molecule has 2 aromatic carbocycles. The third-order valence-electron chi connectivity index (χ3n) is 5.96. The van der Waals surface area contributed by atoms with Crippen molar-refractivity contribution in [3.8, 4) is 0 Å². The quantitative estimate of drug-likeness (QED) is 0.468. The Morgan fingerprint density at radius 3 is 2.59 bits per heavy atom. The van der Waals surface area contributed by atoms with Crippen molar-refractivity contribution in [1.82, 2.24) is 24.8 Å². The Hall–Kier alpha value is -3.52. The number of aryl methyl sites for hydroxylation is 1. The molecular formula is C24H27N7O. The van der Waals surface area contributed by atoms with E-state index in [1.165, 1.54) is 5.56 Å². The lowest BCUT2D eigenvalue weighted by Crippen LogP contribution is -2.33. The molecule has 0 saturated carbocycles. The van der Waals surface area contributed by atoms with Crippen LogP contribution in [0.3, 0.4) is 0 Å². The Kier molecular flexibility index (Phi) is 5.68. The molecule has 8 heteroatoms. The summed E-state index contributed by atoms with van der Waals surface area (Å²) in [6.45, 7) is 4.61. The molecule has 1 aliphatic heterocycles. The second-order valence-corrected chi connectivity index (χ2v) is 8.14. The van der Waals surface area contributed by atoms with Gasteiger partial charge in [-0.25, -0.2) is 4.98 Å². The van der Waals surface area contributed by atoms with Crippen molar-refractivity contribution in [1.29, 1.82) is 0 Å². The predicted molar refractivity (Wildman–Crippen MR) is 125 cm³/mol. The summed E-state index contributed by atoms with van der Waals surface area (Å²) < 4.78 is 5.98. The number of nitrogen functional groups attached to an aromatic ring is 1. The number of anilines is 3. The average Bonchev–Trinajstić information content (AvgIpc) is 3.24. The van der Waals surface area contributed by atoms with Gasteiger partial charge in [-0.15, -0.1) is 0 Å². The zero-order chi connectivity index (χ0) is 21.9. The SMILES string of the molecule is CCc1ccccc1Nc1nc(N)nc(CN2CCC(c3nc4ccccc4o3)CC2)n1. The summed E-state index contributed by atoms with van der Waals surface area (Å²) in [7, 11) is 0. The van der Waals surface area contributed by atoms with Gasteiger partial charge in [-0.3, -0.25) is 4.90 Å². The van der Waals surface area contributed by atoms with Gasteiger partial charge < -0.3 is 15.5 Å². The van der Waals surface area contributed by atoms with E-state index < -0.39 is 0 Å². The molecule has 8 nitrogen and oxygen atoms in total. The Morgan fingerprint density at radius 1 is 1.00 bits per heavy atom. The molecule has 5 rings (SSSR count). The van der Waals surface area contributed by atoms with Crippen molar-refractivity contribution in [3.05, 3.63) is 65.8 Å². The molecule has 0 unspecified atom stereocenters. The first-order valence-electron chi connectivity index (χ1n) is 11.1. The van der Waals surface area contributed by atoms with Crippen LogP contribution in [-0.2, 0) is 13.0 Å². The lowest BCUT2D eigenvalue weighted by Gasteiger charge is -2.29. The Bertz CT molecular complexity index is 1180. The Labute approximate surface area is 186 Å². The maximum absolute atomic E-state index is 5.98. The van der Waals surface area contributed by atoms with Crippen LogP contribution in [-0.4, -0.2) is 37.9 Å². The molecule has 0 amide bonds. The molecule has 164 valence electrons. The first-order valence-corrected chi connectivity index (χ1v) is 11.1. The first-order chi connectivity index (χ1) is 15.7. The van der Waals surface area contributed by atoms with Crippen LogP contribution >= 0.6 is 0 Å². The fraction of sp³-hybridized carbons (Fsp3) is 0.333. The molecule has 1 saturated heterocycles. The molecule has 0 aliphatic carbocycles. The Morgan fingerprint density at radius 2 is 1.78 bits per heavy atom. The maximum Gasteiger partial charge on any atom is 0.232 e. The van der Waals surface area contributed by atoms with Crippen molar-refractivity contribution in [3.63, 3.8) is 0 Å². The summed E-state index contributed by atoms with van der Waals surface area (Å²) in [5.74, 6) is 2.57. The summed E-state index contributed by atoms with van der Waals surface area (Å²) in [5, 5.41) is 3.30. The lowest BCUT2D eigenvalue weighted by molar-refractivity contribution is 0.190. The number of oxazole rings is 1. The minimum absolute atomic E-state index is 0.229. The van der Waals surface area contributed by atoms with E-state index in [9.17, 15) is 0 Å². The monoisotopic (exact) mass is 429 g/mol. The molecule has 0 radical (unpaired) electrons. The third kappa shape index (κ3) is 4.40. The molecule has 3 N–H and O–H groups in total. The normalized spacial score (nSPS) is 15.3. The van der Waals surface area contributed by atoms with Crippen molar-refractivity contribution >= 4 is 28.7 Å². The topological polar surface area (TPSA) is 106 Å². The van der Waals surface area contributed by atoms with Gasteiger partial charge in [-0.05, 0) is 56.1 Å². The summed E-state index contributed by atoms with van der Waals surface area (Å²) in [6, 6.07) is 16.1. The number of aromatic nitrogens is 4. The van der Waals surface area contributed by atoms with Crippen molar-refractivity contribution in [2.24, 2.45) is 0 Å². The smallest absolute Gasteiger partial charge is 0.232 e. The zero-order valence-electron chi connectivity index (χ0n) is 18.2. The van der Waals surface area contributed by atoms with Gasteiger partial charge in [-0.2, -0.15) is 15.0 Å². The molecule has 0 bridgehead atoms. The average molecular weight is 430 g/mol. The molecule has 2 aromatic heterocycles.